The number of ether oxygens (including phenoxy) is 1. The van der Waals surface area contributed by atoms with E-state index in [4.69, 9.17) is 14.9 Å². The molecule has 1 atom stereocenters. The van der Waals surface area contributed by atoms with Gasteiger partial charge >= 0.3 is 0 Å². The largest absolute Gasteiger partial charge is 0.497 e. The van der Waals surface area contributed by atoms with Crippen molar-refractivity contribution < 1.29 is 9.15 Å². The van der Waals surface area contributed by atoms with Crippen LogP contribution in [0.5, 0.6) is 5.75 Å². The fraction of sp³-hybridized carbons (Fsp3) is 0.533. The summed E-state index contributed by atoms with van der Waals surface area (Å²) in [6.07, 6.45) is 1.60. The van der Waals surface area contributed by atoms with Gasteiger partial charge in [0.2, 0.25) is 0 Å². The normalized spacial score (nSPS) is 13.7. The van der Waals surface area contributed by atoms with Gasteiger partial charge in [-0.3, -0.25) is 0 Å². The molecule has 2 rings (SSSR count). The molecule has 0 radical (unpaired) electrons. The second-order valence-electron chi connectivity index (χ2n) is 6.17. The minimum Gasteiger partial charge on any atom is -0.497 e. The van der Waals surface area contributed by atoms with Gasteiger partial charge in [-0.1, -0.05) is 20.8 Å². The van der Waals surface area contributed by atoms with Crippen molar-refractivity contribution in [3.8, 4) is 5.75 Å². The van der Waals surface area contributed by atoms with E-state index < -0.39 is 0 Å². The average molecular weight is 262 g/mol. The Bertz CT molecular complexity index is 555. The highest BCUT2D eigenvalue weighted by Crippen LogP contribution is 2.24. The lowest BCUT2D eigenvalue weighted by molar-refractivity contribution is 0.329. The molecular formula is C15H22N2O2. The van der Waals surface area contributed by atoms with Crippen LogP contribution in [0.1, 0.15) is 33.1 Å². The lowest BCUT2D eigenvalue weighted by Gasteiger charge is -2.22. The summed E-state index contributed by atoms with van der Waals surface area (Å²) in [5.74, 6) is 1.47. The molecule has 4 heteroatoms. The number of hydrogen-bond donors (Lipinski definition) is 1. The van der Waals surface area contributed by atoms with Crippen molar-refractivity contribution in [2.75, 3.05) is 7.11 Å². The molecular weight excluding hydrogens is 240 g/mol. The first-order valence-corrected chi connectivity index (χ1v) is 6.56. The molecule has 0 saturated carbocycles. The molecule has 4 nitrogen and oxygen atoms in total. The number of rotatable bonds is 4. The molecule has 1 aromatic carbocycles. The first kappa shape index (κ1) is 13.9. The topological polar surface area (TPSA) is 61.3 Å². The SMILES string of the molecule is COc1ccc2nc(CC(N)CC(C)(C)C)oc2c1. The Morgan fingerprint density at radius 1 is 1.37 bits per heavy atom. The van der Waals surface area contributed by atoms with E-state index in [1.165, 1.54) is 0 Å². The molecule has 1 aromatic heterocycles. The quantitative estimate of drug-likeness (QED) is 0.919. The molecule has 0 spiro atoms. The van der Waals surface area contributed by atoms with E-state index in [9.17, 15) is 0 Å². The smallest absolute Gasteiger partial charge is 0.197 e. The number of methoxy groups -OCH3 is 1. The maximum absolute atomic E-state index is 6.15. The van der Waals surface area contributed by atoms with Gasteiger partial charge in [-0.05, 0) is 24.0 Å². The summed E-state index contributed by atoms with van der Waals surface area (Å²) in [6, 6.07) is 5.69. The number of aromatic nitrogens is 1. The fourth-order valence-corrected chi connectivity index (χ4v) is 2.25. The van der Waals surface area contributed by atoms with E-state index in [-0.39, 0.29) is 11.5 Å². The van der Waals surface area contributed by atoms with Crippen LogP contribution in [-0.4, -0.2) is 18.1 Å². The van der Waals surface area contributed by atoms with E-state index in [0.717, 1.165) is 23.3 Å². The third-order valence-corrected chi connectivity index (χ3v) is 2.95. The van der Waals surface area contributed by atoms with Gasteiger partial charge in [0.05, 0.1) is 7.11 Å². The van der Waals surface area contributed by atoms with Gasteiger partial charge in [0.25, 0.3) is 0 Å². The highest BCUT2D eigenvalue weighted by atomic mass is 16.5. The Hall–Kier alpha value is -1.55. The molecule has 0 fully saturated rings. The van der Waals surface area contributed by atoms with E-state index in [2.05, 4.69) is 25.8 Å². The van der Waals surface area contributed by atoms with Crippen LogP contribution in [-0.2, 0) is 6.42 Å². The Balaban J connectivity index is 2.13. The van der Waals surface area contributed by atoms with Crippen molar-refractivity contribution in [1.82, 2.24) is 4.98 Å². The molecule has 0 aliphatic heterocycles. The Morgan fingerprint density at radius 3 is 2.74 bits per heavy atom. The van der Waals surface area contributed by atoms with Gasteiger partial charge in [0, 0.05) is 18.5 Å². The summed E-state index contributed by atoms with van der Waals surface area (Å²) in [6.45, 7) is 6.55. The zero-order chi connectivity index (χ0) is 14.0. The van der Waals surface area contributed by atoms with Crippen LogP contribution in [0, 0.1) is 5.41 Å². The highest BCUT2D eigenvalue weighted by Gasteiger charge is 2.18. The minimum absolute atomic E-state index is 0.0648. The predicted octanol–water partition coefficient (Wildman–Crippen LogP) is 3.14. The van der Waals surface area contributed by atoms with Crippen molar-refractivity contribution in [2.45, 2.75) is 39.7 Å². The van der Waals surface area contributed by atoms with Crippen LogP contribution in [0.15, 0.2) is 22.6 Å². The molecule has 0 bridgehead atoms. The number of nitrogens with zero attached hydrogens (tertiary/aromatic N) is 1. The zero-order valence-corrected chi connectivity index (χ0v) is 12.1. The molecule has 0 aliphatic carbocycles. The second-order valence-corrected chi connectivity index (χ2v) is 6.17. The van der Waals surface area contributed by atoms with Crippen LogP contribution >= 0.6 is 0 Å². The summed E-state index contributed by atoms with van der Waals surface area (Å²) in [7, 11) is 1.64. The molecule has 0 saturated heterocycles. The standard InChI is InChI=1S/C15H22N2O2/c1-15(2,3)9-10(16)7-14-17-12-6-5-11(18-4)8-13(12)19-14/h5-6,8,10H,7,9,16H2,1-4H3. The third-order valence-electron chi connectivity index (χ3n) is 2.95. The van der Waals surface area contributed by atoms with E-state index in [1.807, 2.05) is 18.2 Å². The molecule has 19 heavy (non-hydrogen) atoms. The molecule has 104 valence electrons. The first-order chi connectivity index (χ1) is 8.87. The second kappa shape index (κ2) is 5.21. The van der Waals surface area contributed by atoms with Gasteiger partial charge in [0.15, 0.2) is 11.5 Å². The fourth-order valence-electron chi connectivity index (χ4n) is 2.25. The van der Waals surface area contributed by atoms with E-state index >= 15 is 0 Å². The van der Waals surface area contributed by atoms with Crippen molar-refractivity contribution in [1.29, 1.82) is 0 Å². The number of hydrogen-bond acceptors (Lipinski definition) is 4. The molecule has 2 N–H and O–H groups in total. The average Bonchev–Trinajstić information content (AvgIpc) is 2.66. The van der Waals surface area contributed by atoms with Gasteiger partial charge in [-0.15, -0.1) is 0 Å². The van der Waals surface area contributed by atoms with Crippen LogP contribution in [0.3, 0.4) is 0 Å². The minimum atomic E-state index is 0.0648. The zero-order valence-electron chi connectivity index (χ0n) is 12.1. The van der Waals surface area contributed by atoms with E-state index in [0.29, 0.717) is 12.3 Å². The maximum Gasteiger partial charge on any atom is 0.197 e. The van der Waals surface area contributed by atoms with Crippen LogP contribution < -0.4 is 10.5 Å². The van der Waals surface area contributed by atoms with Gasteiger partial charge in [0.1, 0.15) is 11.3 Å². The summed E-state index contributed by atoms with van der Waals surface area (Å²) in [4.78, 5) is 4.46. The van der Waals surface area contributed by atoms with Gasteiger partial charge in [-0.25, -0.2) is 4.98 Å². The van der Waals surface area contributed by atoms with Crippen molar-refractivity contribution in [3.05, 3.63) is 24.1 Å². The van der Waals surface area contributed by atoms with Crippen LogP contribution in [0.4, 0.5) is 0 Å². The highest BCUT2D eigenvalue weighted by molar-refractivity contribution is 5.74. The molecule has 0 aliphatic rings. The molecule has 2 aromatic rings. The predicted molar refractivity (Wildman–Crippen MR) is 76.3 cm³/mol. The number of benzene rings is 1. The van der Waals surface area contributed by atoms with Gasteiger partial charge in [-0.2, -0.15) is 0 Å². The lowest BCUT2D eigenvalue weighted by Crippen LogP contribution is -2.28. The summed E-state index contributed by atoms with van der Waals surface area (Å²) >= 11 is 0. The van der Waals surface area contributed by atoms with Gasteiger partial charge < -0.3 is 14.9 Å². The van der Waals surface area contributed by atoms with Crippen molar-refractivity contribution in [3.63, 3.8) is 0 Å². The molecule has 0 amide bonds. The number of oxazole rings is 1. The lowest BCUT2D eigenvalue weighted by atomic mass is 9.87. The summed E-state index contributed by atoms with van der Waals surface area (Å²) < 4.78 is 10.9. The third kappa shape index (κ3) is 3.70. The Labute approximate surface area is 114 Å². The number of nitrogens with two attached hydrogens (primary N) is 1. The monoisotopic (exact) mass is 262 g/mol. The summed E-state index contributed by atoms with van der Waals surface area (Å²) in [5.41, 5.74) is 7.96. The maximum atomic E-state index is 6.15. The Kier molecular flexibility index (Phi) is 3.80. The van der Waals surface area contributed by atoms with E-state index in [1.54, 1.807) is 7.11 Å². The Morgan fingerprint density at radius 2 is 2.11 bits per heavy atom. The molecule has 1 heterocycles. The van der Waals surface area contributed by atoms with Crippen molar-refractivity contribution >= 4 is 11.1 Å². The van der Waals surface area contributed by atoms with Crippen LogP contribution in [0.25, 0.3) is 11.1 Å². The number of fused-ring (bicyclic) bond motifs is 1. The first-order valence-electron chi connectivity index (χ1n) is 6.56. The van der Waals surface area contributed by atoms with Crippen LogP contribution in [0.2, 0.25) is 0 Å². The molecule has 1 unspecified atom stereocenters. The van der Waals surface area contributed by atoms with Crippen molar-refractivity contribution in [2.24, 2.45) is 11.1 Å². The summed E-state index contributed by atoms with van der Waals surface area (Å²) in [5, 5.41) is 0.